The molecule has 1 atom stereocenters. The smallest absolute Gasteiger partial charge is 0.326 e. The molecule has 0 radical (unpaired) electrons. The standard InChI is InChI=1S/C33H33ClN2O3/c1-33(2,3)26-15-11-23(12-16-26)21-35-29-20-27(34)17-18-28(29)31(37)36-30(32(38)39)19-22-9-13-25(14-10-22)24-7-5-4-6-8-24/h4-18,20,30,35H,19,21H2,1-3H3,(H,36,37)(H,38,39)/t30-/m0/s1. The van der Waals surface area contributed by atoms with Gasteiger partial charge in [0.2, 0.25) is 0 Å². The molecule has 0 aliphatic rings. The highest BCUT2D eigenvalue weighted by Crippen LogP contribution is 2.25. The Morgan fingerprint density at radius 1 is 0.821 bits per heavy atom. The van der Waals surface area contributed by atoms with Crippen LogP contribution in [0.3, 0.4) is 0 Å². The van der Waals surface area contributed by atoms with Gasteiger partial charge in [0.15, 0.2) is 0 Å². The van der Waals surface area contributed by atoms with Crippen molar-refractivity contribution >= 4 is 29.2 Å². The van der Waals surface area contributed by atoms with Gasteiger partial charge in [0, 0.05) is 23.7 Å². The SMILES string of the molecule is CC(C)(C)c1ccc(CNc2cc(Cl)ccc2C(=O)N[C@@H](Cc2ccc(-c3ccccc3)cc2)C(=O)O)cc1. The Hall–Kier alpha value is -4.09. The highest BCUT2D eigenvalue weighted by atomic mass is 35.5. The molecule has 4 aromatic carbocycles. The van der Waals surface area contributed by atoms with E-state index in [2.05, 4.69) is 55.7 Å². The molecule has 0 aromatic heterocycles. The van der Waals surface area contributed by atoms with Crippen LogP contribution in [0.15, 0.2) is 97.1 Å². The van der Waals surface area contributed by atoms with Gasteiger partial charge < -0.3 is 15.7 Å². The van der Waals surface area contributed by atoms with Crippen LogP contribution in [0.4, 0.5) is 5.69 Å². The number of carbonyl (C=O) groups is 2. The zero-order chi connectivity index (χ0) is 28.0. The number of aliphatic carboxylic acids is 1. The Kier molecular flexibility index (Phi) is 8.72. The number of carboxylic acid groups (broad SMARTS) is 1. The van der Waals surface area contributed by atoms with Gasteiger partial charge in [-0.05, 0) is 51.4 Å². The van der Waals surface area contributed by atoms with Crippen molar-refractivity contribution in [3.05, 3.63) is 124 Å². The number of anilines is 1. The molecule has 4 rings (SSSR count). The van der Waals surface area contributed by atoms with E-state index in [4.69, 9.17) is 11.6 Å². The fourth-order valence-corrected chi connectivity index (χ4v) is 4.49. The predicted octanol–water partition coefficient (Wildman–Crippen LogP) is 7.34. The molecule has 0 saturated carbocycles. The Labute approximate surface area is 234 Å². The number of hydrogen-bond acceptors (Lipinski definition) is 3. The van der Waals surface area contributed by atoms with Crippen LogP contribution < -0.4 is 10.6 Å². The first-order chi connectivity index (χ1) is 18.6. The summed E-state index contributed by atoms with van der Waals surface area (Å²) < 4.78 is 0. The van der Waals surface area contributed by atoms with E-state index in [1.807, 2.05) is 54.6 Å². The molecule has 0 heterocycles. The number of rotatable bonds is 9. The lowest BCUT2D eigenvalue weighted by Gasteiger charge is -2.19. The normalized spacial score (nSPS) is 12.0. The van der Waals surface area contributed by atoms with Crippen LogP contribution in [0, 0.1) is 0 Å². The van der Waals surface area contributed by atoms with Crippen LogP contribution in [-0.4, -0.2) is 23.0 Å². The van der Waals surface area contributed by atoms with E-state index in [-0.39, 0.29) is 11.8 Å². The zero-order valence-electron chi connectivity index (χ0n) is 22.4. The quantitative estimate of drug-likeness (QED) is 0.207. The Bertz CT molecular complexity index is 1430. The summed E-state index contributed by atoms with van der Waals surface area (Å²) in [6, 6.07) is 29.8. The van der Waals surface area contributed by atoms with Crippen molar-refractivity contribution in [1.82, 2.24) is 5.32 Å². The van der Waals surface area contributed by atoms with Crippen molar-refractivity contribution in [2.24, 2.45) is 0 Å². The summed E-state index contributed by atoms with van der Waals surface area (Å²) in [5.74, 6) is -1.58. The lowest BCUT2D eigenvalue weighted by Crippen LogP contribution is -2.42. The van der Waals surface area contributed by atoms with E-state index >= 15 is 0 Å². The van der Waals surface area contributed by atoms with E-state index < -0.39 is 17.9 Å². The fourth-order valence-electron chi connectivity index (χ4n) is 4.32. The summed E-state index contributed by atoms with van der Waals surface area (Å²) in [7, 11) is 0. The second-order valence-electron chi connectivity index (χ2n) is 10.6. The van der Waals surface area contributed by atoms with Gasteiger partial charge in [0.05, 0.1) is 5.56 Å². The number of benzene rings is 4. The first kappa shape index (κ1) is 27.9. The number of carbonyl (C=O) groups excluding carboxylic acids is 1. The molecule has 0 spiro atoms. The average Bonchev–Trinajstić information content (AvgIpc) is 2.92. The number of halogens is 1. The monoisotopic (exact) mass is 540 g/mol. The molecule has 0 bridgehead atoms. The zero-order valence-corrected chi connectivity index (χ0v) is 23.1. The maximum Gasteiger partial charge on any atom is 0.326 e. The molecule has 0 aliphatic heterocycles. The van der Waals surface area contributed by atoms with Crippen molar-refractivity contribution in [1.29, 1.82) is 0 Å². The van der Waals surface area contributed by atoms with Gasteiger partial charge in [0.1, 0.15) is 6.04 Å². The van der Waals surface area contributed by atoms with Crippen molar-refractivity contribution in [2.45, 2.75) is 45.2 Å². The molecule has 200 valence electrons. The molecule has 39 heavy (non-hydrogen) atoms. The first-order valence-corrected chi connectivity index (χ1v) is 13.3. The van der Waals surface area contributed by atoms with E-state index in [0.29, 0.717) is 22.8 Å². The molecule has 1 amide bonds. The fraction of sp³-hybridized carbons (Fsp3) is 0.212. The Balaban J connectivity index is 1.45. The molecule has 0 unspecified atom stereocenters. The first-order valence-electron chi connectivity index (χ1n) is 12.9. The lowest BCUT2D eigenvalue weighted by atomic mass is 9.87. The lowest BCUT2D eigenvalue weighted by molar-refractivity contribution is -0.139. The Morgan fingerprint density at radius 3 is 2.05 bits per heavy atom. The van der Waals surface area contributed by atoms with Crippen LogP contribution in [0.1, 0.15) is 47.8 Å². The van der Waals surface area contributed by atoms with Gasteiger partial charge in [-0.3, -0.25) is 4.79 Å². The molecule has 6 heteroatoms. The van der Waals surface area contributed by atoms with Gasteiger partial charge in [-0.25, -0.2) is 4.79 Å². The molecular weight excluding hydrogens is 508 g/mol. The van der Waals surface area contributed by atoms with Gasteiger partial charge in [-0.15, -0.1) is 0 Å². The summed E-state index contributed by atoms with van der Waals surface area (Å²) in [6.45, 7) is 6.99. The van der Waals surface area contributed by atoms with Crippen LogP contribution in [-0.2, 0) is 23.2 Å². The highest BCUT2D eigenvalue weighted by molar-refractivity contribution is 6.31. The topological polar surface area (TPSA) is 78.4 Å². The van der Waals surface area contributed by atoms with Crippen molar-refractivity contribution in [3.63, 3.8) is 0 Å². The summed E-state index contributed by atoms with van der Waals surface area (Å²) in [4.78, 5) is 25.3. The maximum absolute atomic E-state index is 13.2. The minimum atomic E-state index is -1.10. The van der Waals surface area contributed by atoms with E-state index in [1.165, 1.54) is 5.56 Å². The molecule has 4 aromatic rings. The third-order valence-corrected chi connectivity index (χ3v) is 6.87. The molecule has 0 aliphatic carbocycles. The summed E-state index contributed by atoms with van der Waals surface area (Å²) in [5, 5.41) is 16.3. The maximum atomic E-state index is 13.2. The van der Waals surface area contributed by atoms with Gasteiger partial charge in [-0.2, -0.15) is 0 Å². The average molecular weight is 541 g/mol. The highest BCUT2D eigenvalue weighted by Gasteiger charge is 2.23. The predicted molar refractivity (Wildman–Crippen MR) is 158 cm³/mol. The summed E-state index contributed by atoms with van der Waals surface area (Å²) in [5.41, 5.74) is 6.16. The number of amides is 1. The third-order valence-electron chi connectivity index (χ3n) is 6.63. The van der Waals surface area contributed by atoms with Crippen molar-refractivity contribution < 1.29 is 14.7 Å². The van der Waals surface area contributed by atoms with Gasteiger partial charge in [-0.1, -0.05) is 111 Å². The van der Waals surface area contributed by atoms with Crippen LogP contribution in [0.25, 0.3) is 11.1 Å². The van der Waals surface area contributed by atoms with Crippen LogP contribution in [0.2, 0.25) is 5.02 Å². The van der Waals surface area contributed by atoms with E-state index in [1.54, 1.807) is 18.2 Å². The van der Waals surface area contributed by atoms with Crippen molar-refractivity contribution in [2.75, 3.05) is 5.32 Å². The number of nitrogens with one attached hydrogen (secondary N) is 2. The second kappa shape index (κ2) is 12.2. The summed E-state index contributed by atoms with van der Waals surface area (Å²) >= 11 is 6.23. The minimum absolute atomic E-state index is 0.0643. The molecule has 3 N–H and O–H groups in total. The van der Waals surface area contributed by atoms with Crippen LogP contribution >= 0.6 is 11.6 Å². The number of carboxylic acids is 1. The second-order valence-corrected chi connectivity index (χ2v) is 11.1. The minimum Gasteiger partial charge on any atom is -0.480 e. The van der Waals surface area contributed by atoms with Crippen LogP contribution in [0.5, 0.6) is 0 Å². The molecule has 0 fully saturated rings. The van der Waals surface area contributed by atoms with Gasteiger partial charge >= 0.3 is 5.97 Å². The molecule has 5 nitrogen and oxygen atoms in total. The van der Waals surface area contributed by atoms with Crippen molar-refractivity contribution in [3.8, 4) is 11.1 Å². The summed E-state index contributed by atoms with van der Waals surface area (Å²) in [6.07, 6.45) is 0.159. The largest absolute Gasteiger partial charge is 0.480 e. The third kappa shape index (κ3) is 7.49. The molecular formula is C33H33ClN2O3. The van der Waals surface area contributed by atoms with Gasteiger partial charge in [0.25, 0.3) is 5.91 Å². The van der Waals surface area contributed by atoms with E-state index in [0.717, 1.165) is 22.3 Å². The Morgan fingerprint density at radius 2 is 1.44 bits per heavy atom. The number of hydrogen-bond donors (Lipinski definition) is 3. The molecule has 0 saturated heterocycles. The van der Waals surface area contributed by atoms with E-state index in [9.17, 15) is 14.7 Å².